The second-order valence-corrected chi connectivity index (χ2v) is 11.3. The lowest BCUT2D eigenvalue weighted by atomic mass is 10.0. The fourth-order valence-corrected chi connectivity index (χ4v) is 5.82. The van der Waals surface area contributed by atoms with Crippen LogP contribution in [0.15, 0.2) is 83.3 Å². The zero-order chi connectivity index (χ0) is 26.0. The second-order valence-electron chi connectivity index (χ2n) is 9.43. The highest BCUT2D eigenvalue weighted by molar-refractivity contribution is 9.10. The van der Waals surface area contributed by atoms with Crippen molar-refractivity contribution in [3.05, 3.63) is 106 Å². The van der Waals surface area contributed by atoms with E-state index in [4.69, 9.17) is 0 Å². The van der Waals surface area contributed by atoms with E-state index in [1.807, 2.05) is 54.6 Å². The summed E-state index contributed by atoms with van der Waals surface area (Å²) >= 11 is 4.84. The Hall–Kier alpha value is -2.64. The van der Waals surface area contributed by atoms with E-state index in [-0.39, 0.29) is 29.4 Å². The van der Waals surface area contributed by atoms with Crippen molar-refractivity contribution in [1.82, 2.24) is 10.2 Å². The predicted molar refractivity (Wildman–Crippen MR) is 152 cm³/mol. The van der Waals surface area contributed by atoms with Crippen molar-refractivity contribution in [2.75, 3.05) is 5.75 Å². The zero-order valence-corrected chi connectivity index (χ0v) is 23.1. The second kappa shape index (κ2) is 13.8. The van der Waals surface area contributed by atoms with Crippen molar-refractivity contribution >= 4 is 39.5 Å². The number of carbonyl (C=O) groups is 2. The molecule has 1 saturated carbocycles. The zero-order valence-electron chi connectivity index (χ0n) is 20.7. The highest BCUT2D eigenvalue weighted by Crippen LogP contribution is 2.22. The van der Waals surface area contributed by atoms with Gasteiger partial charge >= 0.3 is 0 Å². The topological polar surface area (TPSA) is 49.4 Å². The van der Waals surface area contributed by atoms with Crippen molar-refractivity contribution < 1.29 is 14.0 Å². The summed E-state index contributed by atoms with van der Waals surface area (Å²) in [5.41, 5.74) is 2.52. The number of carbonyl (C=O) groups excluding carboxylic acids is 2. The Labute approximate surface area is 231 Å². The molecule has 37 heavy (non-hydrogen) atoms. The molecule has 1 atom stereocenters. The first-order valence-corrected chi connectivity index (χ1v) is 14.6. The normalized spacial score (nSPS) is 14.3. The molecule has 1 N–H and O–H groups in total. The summed E-state index contributed by atoms with van der Waals surface area (Å²) < 4.78 is 15.1. The molecule has 0 radical (unpaired) electrons. The Kier molecular flexibility index (Phi) is 10.2. The van der Waals surface area contributed by atoms with Crippen LogP contribution >= 0.6 is 27.7 Å². The van der Waals surface area contributed by atoms with Gasteiger partial charge in [0, 0.05) is 29.2 Å². The van der Waals surface area contributed by atoms with E-state index in [9.17, 15) is 14.0 Å². The Morgan fingerprint density at radius 3 is 2.32 bits per heavy atom. The number of hydrogen-bond acceptors (Lipinski definition) is 3. The van der Waals surface area contributed by atoms with Gasteiger partial charge in [0.1, 0.15) is 11.9 Å². The molecule has 3 aromatic carbocycles. The van der Waals surface area contributed by atoms with Crippen LogP contribution in [0, 0.1) is 5.82 Å². The number of rotatable bonds is 11. The molecule has 194 valence electrons. The Morgan fingerprint density at radius 2 is 1.62 bits per heavy atom. The average Bonchev–Trinajstić information content (AvgIpc) is 3.42. The van der Waals surface area contributed by atoms with E-state index < -0.39 is 6.04 Å². The van der Waals surface area contributed by atoms with Gasteiger partial charge in [-0.3, -0.25) is 9.59 Å². The lowest BCUT2D eigenvalue weighted by Gasteiger charge is -2.32. The van der Waals surface area contributed by atoms with Crippen LogP contribution in [0.5, 0.6) is 0 Å². The Bertz CT molecular complexity index is 1170. The van der Waals surface area contributed by atoms with Crippen molar-refractivity contribution in [1.29, 1.82) is 0 Å². The van der Waals surface area contributed by atoms with E-state index in [0.29, 0.717) is 24.3 Å². The van der Waals surface area contributed by atoms with Gasteiger partial charge in [0.05, 0.1) is 5.75 Å². The molecule has 0 spiro atoms. The first-order chi connectivity index (χ1) is 18.0. The quantitative estimate of drug-likeness (QED) is 0.280. The van der Waals surface area contributed by atoms with Crippen LogP contribution in [0.4, 0.5) is 4.39 Å². The maximum atomic E-state index is 14.1. The third kappa shape index (κ3) is 8.17. The number of nitrogens with one attached hydrogen (secondary N) is 1. The smallest absolute Gasteiger partial charge is 0.243 e. The van der Waals surface area contributed by atoms with Crippen LogP contribution in [0.1, 0.15) is 42.4 Å². The minimum absolute atomic E-state index is 0.111. The van der Waals surface area contributed by atoms with Gasteiger partial charge in [0.25, 0.3) is 0 Å². The number of nitrogens with zero attached hydrogens (tertiary/aromatic N) is 1. The first kappa shape index (κ1) is 27.4. The molecule has 2 amide bonds. The lowest BCUT2D eigenvalue weighted by molar-refractivity contribution is -0.139. The maximum absolute atomic E-state index is 14.1. The SMILES string of the molecule is O=C(NC1CCCC1)[C@H](Cc1ccccc1)N(Cc1ccc(Br)cc1)C(=O)CSCc1ccccc1F. The summed E-state index contributed by atoms with van der Waals surface area (Å²) in [5, 5.41) is 3.22. The molecule has 0 unspecified atom stereocenters. The number of thioether (sulfide) groups is 1. The third-order valence-corrected chi connectivity index (χ3v) is 8.17. The molecule has 0 aromatic heterocycles. The summed E-state index contributed by atoms with van der Waals surface area (Å²) in [5.74, 6) is 0.0359. The van der Waals surface area contributed by atoms with E-state index in [0.717, 1.165) is 41.3 Å². The van der Waals surface area contributed by atoms with Crippen LogP contribution in [0.25, 0.3) is 0 Å². The summed E-state index contributed by atoms with van der Waals surface area (Å²) in [4.78, 5) is 29.1. The maximum Gasteiger partial charge on any atom is 0.243 e. The molecule has 0 saturated heterocycles. The van der Waals surface area contributed by atoms with Crippen molar-refractivity contribution in [3.63, 3.8) is 0 Å². The van der Waals surface area contributed by atoms with Crippen LogP contribution in [0.3, 0.4) is 0 Å². The van der Waals surface area contributed by atoms with Gasteiger partial charge in [-0.2, -0.15) is 0 Å². The fourth-order valence-electron chi connectivity index (χ4n) is 4.65. The summed E-state index contributed by atoms with van der Waals surface area (Å²) in [6.07, 6.45) is 4.61. The number of hydrogen-bond donors (Lipinski definition) is 1. The molecule has 4 nitrogen and oxygen atoms in total. The van der Waals surface area contributed by atoms with Crippen LogP contribution in [0.2, 0.25) is 0 Å². The summed E-state index contributed by atoms with van der Waals surface area (Å²) in [7, 11) is 0. The number of amides is 2. The molecule has 1 fully saturated rings. The highest BCUT2D eigenvalue weighted by atomic mass is 79.9. The Balaban J connectivity index is 1.56. The van der Waals surface area contributed by atoms with Crippen molar-refractivity contribution in [2.24, 2.45) is 0 Å². The molecule has 0 bridgehead atoms. The van der Waals surface area contributed by atoms with E-state index in [1.54, 1.807) is 23.1 Å². The predicted octanol–water partition coefficient (Wildman–Crippen LogP) is 6.52. The molecule has 7 heteroatoms. The van der Waals surface area contributed by atoms with Crippen LogP contribution in [-0.4, -0.2) is 34.6 Å². The van der Waals surface area contributed by atoms with Gasteiger partial charge < -0.3 is 10.2 Å². The van der Waals surface area contributed by atoms with Gasteiger partial charge in [-0.05, 0) is 47.7 Å². The fraction of sp³-hybridized carbons (Fsp3) is 0.333. The molecular formula is C30H32BrFN2O2S. The van der Waals surface area contributed by atoms with Crippen LogP contribution in [-0.2, 0) is 28.3 Å². The molecule has 4 rings (SSSR count). The minimum Gasteiger partial charge on any atom is -0.352 e. The Morgan fingerprint density at radius 1 is 0.946 bits per heavy atom. The monoisotopic (exact) mass is 582 g/mol. The van der Waals surface area contributed by atoms with Gasteiger partial charge in [-0.15, -0.1) is 11.8 Å². The van der Waals surface area contributed by atoms with E-state index in [1.165, 1.54) is 17.8 Å². The van der Waals surface area contributed by atoms with Gasteiger partial charge in [-0.25, -0.2) is 4.39 Å². The molecule has 0 aliphatic heterocycles. The van der Waals surface area contributed by atoms with E-state index in [2.05, 4.69) is 21.2 Å². The third-order valence-electron chi connectivity index (χ3n) is 6.68. The molecule has 0 heterocycles. The van der Waals surface area contributed by atoms with Crippen molar-refractivity contribution in [2.45, 2.75) is 56.5 Å². The molecule has 1 aliphatic rings. The standard InChI is InChI=1S/C30H32BrFN2O2S/c31-25-16-14-23(15-17-25)19-34(29(35)21-37-20-24-10-4-7-13-27(24)32)28(18-22-8-2-1-3-9-22)30(36)33-26-11-5-6-12-26/h1-4,7-10,13-17,26,28H,5-6,11-12,18-21H2,(H,33,36)/t28-/m0/s1. The summed E-state index contributed by atoms with van der Waals surface area (Å²) in [6.45, 7) is 0.321. The van der Waals surface area contributed by atoms with Gasteiger partial charge in [0.2, 0.25) is 11.8 Å². The number of halogens is 2. The molecule has 1 aliphatic carbocycles. The number of benzene rings is 3. The highest BCUT2D eigenvalue weighted by Gasteiger charge is 2.32. The largest absolute Gasteiger partial charge is 0.352 e. The average molecular weight is 584 g/mol. The molecule has 3 aromatic rings. The van der Waals surface area contributed by atoms with E-state index >= 15 is 0 Å². The summed E-state index contributed by atoms with van der Waals surface area (Å²) in [6, 6.07) is 23.8. The van der Waals surface area contributed by atoms with Crippen LogP contribution < -0.4 is 5.32 Å². The molecular weight excluding hydrogens is 551 g/mol. The van der Waals surface area contributed by atoms with Crippen molar-refractivity contribution in [3.8, 4) is 0 Å². The van der Waals surface area contributed by atoms with Gasteiger partial charge in [-0.1, -0.05) is 89.4 Å². The van der Waals surface area contributed by atoms with Gasteiger partial charge in [0.15, 0.2) is 0 Å². The minimum atomic E-state index is -0.645. The first-order valence-electron chi connectivity index (χ1n) is 12.7. The lowest BCUT2D eigenvalue weighted by Crippen LogP contribution is -2.52.